The molecule has 0 bridgehead atoms. The van der Waals surface area contributed by atoms with Crippen molar-refractivity contribution in [1.29, 1.82) is 0 Å². The van der Waals surface area contributed by atoms with Gasteiger partial charge in [0.15, 0.2) is 0 Å². The maximum absolute atomic E-state index is 10.7. The predicted molar refractivity (Wildman–Crippen MR) is 40.4 cm³/mol. The normalized spacial score (nSPS) is 13.5. The molecule has 1 unspecified atom stereocenters. The van der Waals surface area contributed by atoms with Crippen molar-refractivity contribution in [3.8, 4) is 0 Å². The van der Waals surface area contributed by atoms with Crippen LogP contribution in [0.25, 0.3) is 0 Å². The molecule has 7 heteroatoms. The Morgan fingerprint density at radius 3 is 2.45 bits per heavy atom. The lowest BCUT2D eigenvalue weighted by Crippen LogP contribution is -2.06. The highest BCUT2D eigenvalue weighted by molar-refractivity contribution is 8.41. The van der Waals surface area contributed by atoms with E-state index in [2.05, 4.69) is 8.93 Å². The fourth-order valence-electron chi connectivity index (χ4n) is 0.380. The topological polar surface area (TPSA) is 78.8 Å². The number of hydrogen-bond donors (Lipinski definition) is 0. The Hall–Kier alpha value is -0.0300. The van der Waals surface area contributed by atoms with Crippen molar-refractivity contribution < 1.29 is 17.5 Å². The third kappa shape index (κ3) is 3.76. The molecule has 5 nitrogen and oxygen atoms in total. The van der Waals surface area contributed by atoms with Gasteiger partial charge in [-0.05, 0) is 13.8 Å². The van der Waals surface area contributed by atoms with E-state index in [9.17, 15) is 13.3 Å². The summed E-state index contributed by atoms with van der Waals surface area (Å²) in [6, 6.07) is 0. The zero-order valence-corrected chi connectivity index (χ0v) is 8.06. The molecule has 0 aromatic heterocycles. The minimum absolute atomic E-state index is 0.0113. The first kappa shape index (κ1) is 11.0. The van der Waals surface area contributed by atoms with Crippen LogP contribution in [-0.4, -0.2) is 21.6 Å². The summed E-state index contributed by atoms with van der Waals surface area (Å²) in [5.41, 5.74) is 0. The average Bonchev–Trinajstić information content (AvgIpc) is 1.88. The first-order valence-electron chi connectivity index (χ1n) is 3.08. The predicted octanol–water partition coefficient (Wildman–Crippen LogP) is 0.228. The Morgan fingerprint density at radius 2 is 2.09 bits per heavy atom. The molecule has 11 heavy (non-hydrogen) atoms. The van der Waals surface area contributed by atoms with Crippen LogP contribution in [0.1, 0.15) is 13.8 Å². The number of nitrogens with zero attached hydrogens (tertiary/aromatic N) is 1. The standard InChI is InChI=1S/C4H10NO4PS/c1-3-5-10(6)11(7,8)9-4-2/h3-4H2,1-2H3. The van der Waals surface area contributed by atoms with Crippen LogP contribution in [0, 0.1) is 0 Å². The van der Waals surface area contributed by atoms with Crippen LogP contribution in [-0.2, 0) is 13.9 Å². The molecule has 66 valence electrons. The molecule has 0 N–H and O–H groups in total. The van der Waals surface area contributed by atoms with Crippen molar-refractivity contribution in [2.24, 2.45) is 4.74 Å². The van der Waals surface area contributed by atoms with E-state index >= 15 is 0 Å². The van der Waals surface area contributed by atoms with E-state index in [0.717, 1.165) is 0 Å². The second kappa shape index (κ2) is 4.77. The molecular weight excluding hydrogens is 189 g/mol. The summed E-state index contributed by atoms with van der Waals surface area (Å²) >= 11 is 0. The van der Waals surface area contributed by atoms with Crippen molar-refractivity contribution in [2.45, 2.75) is 13.8 Å². The third-order valence-electron chi connectivity index (χ3n) is 0.715. The molecule has 0 radical (unpaired) electrons. The van der Waals surface area contributed by atoms with Gasteiger partial charge in [0.25, 0.3) is 0 Å². The Balaban J connectivity index is 4.44. The minimum Gasteiger partial charge on any atom is -0.596 e. The van der Waals surface area contributed by atoms with Gasteiger partial charge in [0.05, 0.1) is 13.2 Å². The molecule has 0 aromatic carbocycles. The summed E-state index contributed by atoms with van der Waals surface area (Å²) in [4.78, 5) is 10.7. The summed E-state index contributed by atoms with van der Waals surface area (Å²) in [7, 11) is -6.53. The first-order valence-corrected chi connectivity index (χ1v) is 6.31. The van der Waals surface area contributed by atoms with Crippen LogP contribution >= 0.6 is 7.14 Å². The Bertz CT molecular complexity index is 234. The zero-order valence-electron chi connectivity index (χ0n) is 6.35. The highest BCUT2D eigenvalue weighted by atomic mass is 32.8. The van der Waals surface area contributed by atoms with Crippen molar-refractivity contribution in [2.75, 3.05) is 13.2 Å². The van der Waals surface area contributed by atoms with E-state index in [4.69, 9.17) is 0 Å². The van der Waals surface area contributed by atoms with Crippen LogP contribution < -0.4 is 4.89 Å². The maximum Gasteiger partial charge on any atom is 0.456 e. The summed E-state index contributed by atoms with van der Waals surface area (Å²) < 4.78 is 29.0. The Morgan fingerprint density at radius 1 is 1.55 bits per heavy atom. The van der Waals surface area contributed by atoms with E-state index in [1.807, 2.05) is 0 Å². The summed E-state index contributed by atoms with van der Waals surface area (Å²) in [5, 5.41) is 0. The number of hydrogen-bond acceptors (Lipinski definition) is 5. The molecule has 0 saturated carbocycles. The second-order valence-electron chi connectivity index (χ2n) is 1.53. The lowest BCUT2D eigenvalue weighted by atomic mass is 10.8. The van der Waals surface area contributed by atoms with Crippen LogP contribution in [0.3, 0.4) is 0 Å². The van der Waals surface area contributed by atoms with E-state index in [-0.39, 0.29) is 13.2 Å². The quantitative estimate of drug-likeness (QED) is 0.607. The van der Waals surface area contributed by atoms with Gasteiger partial charge >= 0.3 is 16.9 Å². The van der Waals surface area contributed by atoms with Crippen molar-refractivity contribution in [3.63, 3.8) is 0 Å². The third-order valence-corrected chi connectivity index (χ3v) is 3.96. The number of rotatable bonds is 4. The highest BCUT2D eigenvalue weighted by Gasteiger charge is 2.22. The summed E-state index contributed by atoms with van der Waals surface area (Å²) in [6.45, 7) is 3.31. The van der Waals surface area contributed by atoms with E-state index in [0.29, 0.717) is 0 Å². The average molecular weight is 199 g/mol. The lowest BCUT2D eigenvalue weighted by molar-refractivity contribution is -0.150. The molecule has 0 aliphatic heterocycles. The van der Waals surface area contributed by atoms with Gasteiger partial charge in [-0.3, -0.25) is 0 Å². The van der Waals surface area contributed by atoms with Crippen molar-refractivity contribution in [3.05, 3.63) is 0 Å². The van der Waals surface area contributed by atoms with Gasteiger partial charge in [-0.1, -0.05) is 4.74 Å². The van der Waals surface area contributed by atoms with E-state index < -0.39 is 16.9 Å². The molecule has 0 aliphatic rings. The zero-order chi connectivity index (χ0) is 8.91. The molecule has 0 fully saturated rings. The highest BCUT2D eigenvalue weighted by Crippen LogP contribution is 2.25. The molecule has 0 aliphatic carbocycles. The molecule has 0 aromatic rings. The Kier molecular flexibility index (Phi) is 4.76. The monoisotopic (exact) mass is 199 g/mol. The smallest absolute Gasteiger partial charge is 0.456 e. The molecule has 0 heterocycles. The molecule has 0 spiro atoms. The summed E-state index contributed by atoms with van der Waals surface area (Å²) in [6.07, 6.45) is 0. The van der Waals surface area contributed by atoms with Crippen LogP contribution in [0.2, 0.25) is 0 Å². The first-order chi connectivity index (χ1) is 5.04. The molecule has 0 rings (SSSR count). The fraction of sp³-hybridized carbons (Fsp3) is 1.00. The lowest BCUT2D eigenvalue weighted by Gasteiger charge is -1.95. The molecule has 0 saturated heterocycles. The second-order valence-corrected chi connectivity index (χ2v) is 5.66. The Labute approximate surface area is 66.8 Å². The van der Waals surface area contributed by atoms with Gasteiger partial charge in [-0.25, -0.2) is 4.18 Å². The van der Waals surface area contributed by atoms with Crippen LogP contribution in [0.5, 0.6) is 0 Å². The van der Waals surface area contributed by atoms with Crippen molar-refractivity contribution in [1.82, 2.24) is 0 Å². The molecular formula is C4H10NO4PS. The van der Waals surface area contributed by atoms with Gasteiger partial charge in [-0.15, -0.1) is 0 Å². The SMILES string of the molecule is CC/N=[P+](\[O-])S(=O)(=O)OCC. The van der Waals surface area contributed by atoms with Crippen LogP contribution in [0.4, 0.5) is 0 Å². The molecule has 0 amide bonds. The van der Waals surface area contributed by atoms with Gasteiger partial charge < -0.3 is 4.89 Å². The van der Waals surface area contributed by atoms with E-state index in [1.54, 1.807) is 6.92 Å². The van der Waals surface area contributed by atoms with Crippen molar-refractivity contribution >= 4 is 16.9 Å². The van der Waals surface area contributed by atoms with E-state index in [1.165, 1.54) is 6.92 Å². The van der Waals surface area contributed by atoms with Gasteiger partial charge in [-0.2, -0.15) is 8.42 Å². The fourth-order valence-corrected chi connectivity index (χ4v) is 2.50. The maximum atomic E-state index is 10.7. The van der Waals surface area contributed by atoms with Gasteiger partial charge in [0, 0.05) is 0 Å². The minimum atomic E-state index is -3.93. The van der Waals surface area contributed by atoms with Crippen LogP contribution in [0.15, 0.2) is 4.74 Å². The van der Waals surface area contributed by atoms with Gasteiger partial charge in [0.2, 0.25) is 0 Å². The summed E-state index contributed by atoms with van der Waals surface area (Å²) in [5.74, 6) is 0. The van der Waals surface area contributed by atoms with Gasteiger partial charge in [0.1, 0.15) is 0 Å². The molecule has 1 atom stereocenters. The largest absolute Gasteiger partial charge is 0.596 e.